The number of thiophene rings is 1. The zero-order valence-electron chi connectivity index (χ0n) is 17.2. The lowest BCUT2D eigenvalue weighted by Crippen LogP contribution is -2.30. The number of pyridine rings is 1. The van der Waals surface area contributed by atoms with Crippen molar-refractivity contribution < 1.29 is 14.6 Å². The van der Waals surface area contributed by atoms with E-state index in [1.165, 1.54) is 11.3 Å². The van der Waals surface area contributed by atoms with Crippen LogP contribution in [-0.2, 0) is 0 Å². The molecule has 4 aromatic rings. The van der Waals surface area contributed by atoms with Crippen molar-refractivity contribution in [3.8, 4) is 16.9 Å². The number of amides is 1. The molecule has 30 heavy (non-hydrogen) atoms. The summed E-state index contributed by atoms with van der Waals surface area (Å²) in [6.45, 7) is 6.43. The molecule has 4 rings (SSSR count). The molecule has 0 saturated carbocycles. The van der Waals surface area contributed by atoms with E-state index >= 15 is 0 Å². The number of aryl methyl sites for hydroxylation is 1. The van der Waals surface area contributed by atoms with E-state index in [1.54, 1.807) is 6.92 Å². The first-order valence-corrected chi connectivity index (χ1v) is 10.8. The first kappa shape index (κ1) is 20.3. The topological polar surface area (TPSA) is 71.5 Å². The Labute approximate surface area is 179 Å². The van der Waals surface area contributed by atoms with Gasteiger partial charge in [0.1, 0.15) is 10.6 Å². The second-order valence-electron chi connectivity index (χ2n) is 7.34. The highest BCUT2D eigenvalue weighted by Crippen LogP contribution is 2.42. The maximum Gasteiger partial charge on any atom is 0.262 e. The van der Waals surface area contributed by atoms with Gasteiger partial charge in [0.05, 0.1) is 18.2 Å². The van der Waals surface area contributed by atoms with E-state index in [4.69, 9.17) is 4.74 Å². The van der Waals surface area contributed by atoms with Crippen LogP contribution in [-0.4, -0.2) is 35.3 Å². The number of nitrogens with one attached hydrogen (secondary N) is 1. The van der Waals surface area contributed by atoms with Crippen molar-refractivity contribution in [1.29, 1.82) is 0 Å². The highest BCUT2D eigenvalue weighted by atomic mass is 32.1. The number of aromatic nitrogens is 1. The van der Waals surface area contributed by atoms with Gasteiger partial charge in [-0.3, -0.25) is 9.78 Å². The number of hydrogen-bond donors (Lipinski definition) is 2. The third-order valence-corrected chi connectivity index (χ3v) is 6.14. The maximum atomic E-state index is 13.0. The summed E-state index contributed by atoms with van der Waals surface area (Å²) < 4.78 is 6.68. The number of nitrogens with zero attached hydrogens (tertiary/aromatic N) is 1. The zero-order chi connectivity index (χ0) is 21.3. The summed E-state index contributed by atoms with van der Waals surface area (Å²) in [6.07, 6.45) is 1.23. The van der Waals surface area contributed by atoms with Crippen molar-refractivity contribution in [1.82, 2.24) is 10.3 Å². The fourth-order valence-electron chi connectivity index (χ4n) is 3.45. The van der Waals surface area contributed by atoms with Gasteiger partial charge in [0.15, 0.2) is 0 Å². The fourth-order valence-corrected chi connectivity index (χ4v) is 4.69. The monoisotopic (exact) mass is 420 g/mol. The van der Waals surface area contributed by atoms with Gasteiger partial charge in [-0.2, -0.15) is 0 Å². The van der Waals surface area contributed by atoms with E-state index in [0.29, 0.717) is 11.5 Å². The standard InChI is InChI=1S/C24H24N2O3S/c1-4-29-17-9-10-20-18(11-17)22-19(13-25-20)21(16-7-5-14(2)6-8-16)23(30-22)24(28)26-12-15(3)27/h5-11,13,15,27H,4,12H2,1-3H3,(H,26,28). The molecule has 0 radical (unpaired) electrons. The quantitative estimate of drug-likeness (QED) is 0.464. The van der Waals surface area contributed by atoms with E-state index in [9.17, 15) is 9.90 Å². The SMILES string of the molecule is CCOc1ccc2ncc3c(-c4ccc(C)cc4)c(C(=O)NCC(C)O)sc3c2c1. The van der Waals surface area contributed by atoms with Crippen LogP contribution in [0.1, 0.15) is 29.1 Å². The molecule has 154 valence electrons. The number of ether oxygens (including phenoxy) is 1. The molecule has 1 atom stereocenters. The largest absolute Gasteiger partial charge is 0.494 e. The van der Waals surface area contributed by atoms with Gasteiger partial charge in [0.25, 0.3) is 5.91 Å². The molecule has 2 heterocycles. The van der Waals surface area contributed by atoms with Crippen molar-refractivity contribution in [2.45, 2.75) is 26.9 Å². The Morgan fingerprint density at radius 2 is 1.97 bits per heavy atom. The van der Waals surface area contributed by atoms with Crippen molar-refractivity contribution in [2.75, 3.05) is 13.2 Å². The molecule has 2 aromatic carbocycles. The summed E-state index contributed by atoms with van der Waals surface area (Å²) in [6, 6.07) is 14.0. The predicted octanol–water partition coefficient (Wildman–Crippen LogP) is 4.93. The molecule has 1 unspecified atom stereocenters. The Hall–Kier alpha value is -2.96. The smallest absolute Gasteiger partial charge is 0.262 e. The van der Waals surface area contributed by atoms with Crippen LogP contribution in [0.4, 0.5) is 0 Å². The van der Waals surface area contributed by atoms with Gasteiger partial charge in [-0.25, -0.2) is 0 Å². The minimum atomic E-state index is -0.609. The predicted molar refractivity (Wildman–Crippen MR) is 122 cm³/mol. The second kappa shape index (κ2) is 8.42. The summed E-state index contributed by atoms with van der Waals surface area (Å²) >= 11 is 1.45. The third-order valence-electron chi connectivity index (χ3n) is 4.91. The molecule has 0 saturated heterocycles. The van der Waals surface area contributed by atoms with E-state index in [2.05, 4.69) is 10.3 Å². The van der Waals surface area contributed by atoms with Crippen molar-refractivity contribution in [3.63, 3.8) is 0 Å². The van der Waals surface area contributed by atoms with Gasteiger partial charge in [0.2, 0.25) is 0 Å². The molecule has 0 fully saturated rings. The molecule has 0 aliphatic rings. The van der Waals surface area contributed by atoms with E-state index in [0.717, 1.165) is 43.4 Å². The summed E-state index contributed by atoms with van der Waals surface area (Å²) in [4.78, 5) is 18.3. The highest BCUT2D eigenvalue weighted by Gasteiger charge is 2.22. The average molecular weight is 421 g/mol. The Morgan fingerprint density at radius 3 is 2.67 bits per heavy atom. The number of aliphatic hydroxyl groups excluding tert-OH is 1. The van der Waals surface area contributed by atoms with Crippen LogP contribution in [0.3, 0.4) is 0 Å². The fraction of sp³-hybridized carbons (Fsp3) is 0.250. The van der Waals surface area contributed by atoms with Crippen molar-refractivity contribution in [3.05, 3.63) is 59.1 Å². The Morgan fingerprint density at radius 1 is 1.20 bits per heavy atom. The van der Waals surface area contributed by atoms with Crippen LogP contribution < -0.4 is 10.1 Å². The molecule has 0 aliphatic carbocycles. The number of carbonyl (C=O) groups excluding carboxylic acids is 1. The number of benzene rings is 2. The number of aliphatic hydroxyl groups is 1. The first-order valence-electron chi connectivity index (χ1n) is 9.99. The molecular weight excluding hydrogens is 396 g/mol. The molecule has 6 heteroatoms. The number of carbonyl (C=O) groups is 1. The van der Waals surface area contributed by atoms with Gasteiger partial charge in [-0.05, 0) is 44.5 Å². The average Bonchev–Trinajstić information content (AvgIpc) is 3.13. The normalized spacial score (nSPS) is 12.3. The second-order valence-corrected chi connectivity index (χ2v) is 8.36. The lowest BCUT2D eigenvalue weighted by atomic mass is 10.0. The minimum absolute atomic E-state index is 0.193. The number of hydrogen-bond acceptors (Lipinski definition) is 5. The third kappa shape index (κ3) is 3.88. The number of fused-ring (bicyclic) bond motifs is 3. The molecule has 0 spiro atoms. The van der Waals surface area contributed by atoms with Crippen LogP contribution in [0.2, 0.25) is 0 Å². The Kier molecular flexibility index (Phi) is 5.70. The van der Waals surface area contributed by atoms with Gasteiger partial charge in [0, 0.05) is 33.8 Å². The van der Waals surface area contributed by atoms with Gasteiger partial charge >= 0.3 is 0 Å². The number of rotatable bonds is 6. The van der Waals surface area contributed by atoms with E-state index in [1.807, 2.05) is 62.5 Å². The summed E-state index contributed by atoms with van der Waals surface area (Å²) in [7, 11) is 0. The summed E-state index contributed by atoms with van der Waals surface area (Å²) in [5.41, 5.74) is 3.85. The molecule has 5 nitrogen and oxygen atoms in total. The van der Waals surface area contributed by atoms with Gasteiger partial charge in [-0.1, -0.05) is 29.8 Å². The molecule has 0 bridgehead atoms. The first-order chi connectivity index (χ1) is 14.5. The highest BCUT2D eigenvalue weighted by molar-refractivity contribution is 7.22. The van der Waals surface area contributed by atoms with Crippen LogP contribution in [0, 0.1) is 6.92 Å². The van der Waals surface area contributed by atoms with Gasteiger partial charge in [-0.15, -0.1) is 11.3 Å². The lowest BCUT2D eigenvalue weighted by Gasteiger charge is -2.09. The molecule has 1 amide bonds. The summed E-state index contributed by atoms with van der Waals surface area (Å²) in [5, 5.41) is 14.3. The minimum Gasteiger partial charge on any atom is -0.494 e. The van der Waals surface area contributed by atoms with Gasteiger partial charge < -0.3 is 15.2 Å². The van der Waals surface area contributed by atoms with Crippen LogP contribution in [0.15, 0.2) is 48.7 Å². The Balaban J connectivity index is 1.95. The maximum absolute atomic E-state index is 13.0. The van der Waals surface area contributed by atoms with E-state index in [-0.39, 0.29) is 12.5 Å². The zero-order valence-corrected chi connectivity index (χ0v) is 18.0. The summed E-state index contributed by atoms with van der Waals surface area (Å²) in [5.74, 6) is 0.589. The van der Waals surface area contributed by atoms with Crippen LogP contribution in [0.25, 0.3) is 32.1 Å². The van der Waals surface area contributed by atoms with Crippen molar-refractivity contribution in [2.24, 2.45) is 0 Å². The molecule has 0 aliphatic heterocycles. The van der Waals surface area contributed by atoms with Crippen LogP contribution in [0.5, 0.6) is 5.75 Å². The lowest BCUT2D eigenvalue weighted by molar-refractivity contribution is 0.0928. The molecule has 2 aromatic heterocycles. The Bertz CT molecular complexity index is 1210. The van der Waals surface area contributed by atoms with Crippen molar-refractivity contribution >= 4 is 38.2 Å². The van der Waals surface area contributed by atoms with E-state index < -0.39 is 6.10 Å². The van der Waals surface area contributed by atoms with Crippen LogP contribution >= 0.6 is 11.3 Å². The molecular formula is C24H24N2O3S. The molecule has 2 N–H and O–H groups in total.